The summed E-state index contributed by atoms with van der Waals surface area (Å²) in [6, 6.07) is 0. The second kappa shape index (κ2) is 8.59. The Hall–Kier alpha value is -0.710. The molecule has 10 nitrogen and oxygen atoms in total. The molecule has 1 amide bonds. The molecule has 0 aromatic rings. The van der Waals surface area contributed by atoms with Crippen LogP contribution in [0.15, 0.2) is 0 Å². The van der Waals surface area contributed by atoms with Crippen LogP contribution in [-0.2, 0) is 19.3 Å². The van der Waals surface area contributed by atoms with Crippen molar-refractivity contribution in [1.29, 1.82) is 0 Å². The Morgan fingerprint density at radius 3 is 2.07 bits per heavy atom. The summed E-state index contributed by atoms with van der Waals surface area (Å²) in [7, 11) is -6.80. The molecule has 1 unspecified atom stereocenters. The van der Waals surface area contributed by atoms with Crippen molar-refractivity contribution in [3.63, 3.8) is 0 Å². The molecule has 0 bridgehead atoms. The minimum atomic E-state index is -4.07. The summed E-state index contributed by atoms with van der Waals surface area (Å²) >= 11 is 0. The summed E-state index contributed by atoms with van der Waals surface area (Å²) in [5, 5.41) is 11.9. The van der Waals surface area contributed by atoms with Crippen LogP contribution in [-0.4, -0.2) is 37.7 Å². The van der Waals surface area contributed by atoms with Crippen LogP contribution in [0.1, 0.15) is 0 Å². The van der Waals surface area contributed by atoms with Gasteiger partial charge in [0.25, 0.3) is 0 Å². The van der Waals surface area contributed by atoms with Gasteiger partial charge in [-0.05, 0) is 0 Å². The standard InChI is InChI=1S/C2H8NO3P.CH4N2O4S/c3-1-2-6-7(4)5;2-8(6,7)3-1(4)5/h7H,1-3H2,(H,4,5);3H,(H,4,5)(H2,2,6,7). The topological polar surface area (TPSA) is 182 Å². The molecular formula is C3H12N3O7PS. The summed E-state index contributed by atoms with van der Waals surface area (Å²) < 4.78 is 34.3. The molecule has 12 heteroatoms. The quantitative estimate of drug-likeness (QED) is 0.355. The summed E-state index contributed by atoms with van der Waals surface area (Å²) in [6.45, 7) is 0.450. The highest BCUT2D eigenvalue weighted by atomic mass is 32.2. The first-order valence-electron chi connectivity index (χ1n) is 3.28. The molecule has 1 atom stereocenters. The van der Waals surface area contributed by atoms with E-state index >= 15 is 0 Å². The van der Waals surface area contributed by atoms with E-state index in [-0.39, 0.29) is 13.2 Å². The van der Waals surface area contributed by atoms with E-state index in [1.807, 2.05) is 0 Å². The van der Waals surface area contributed by atoms with Crippen molar-refractivity contribution in [2.45, 2.75) is 0 Å². The van der Waals surface area contributed by atoms with E-state index in [4.69, 9.17) is 15.7 Å². The molecule has 15 heavy (non-hydrogen) atoms. The van der Waals surface area contributed by atoms with Gasteiger partial charge in [0.2, 0.25) is 0 Å². The zero-order valence-corrected chi connectivity index (χ0v) is 9.23. The van der Waals surface area contributed by atoms with Crippen LogP contribution in [0.4, 0.5) is 4.79 Å². The Bertz CT molecular complexity index is 303. The van der Waals surface area contributed by atoms with Crippen LogP contribution < -0.4 is 15.6 Å². The summed E-state index contributed by atoms with van der Waals surface area (Å²) in [6.07, 6.45) is -1.69. The largest absolute Gasteiger partial charge is 0.464 e. The molecule has 92 valence electrons. The fourth-order valence-corrected chi connectivity index (χ4v) is 0.804. The van der Waals surface area contributed by atoms with Gasteiger partial charge in [-0.3, -0.25) is 4.57 Å². The van der Waals surface area contributed by atoms with Gasteiger partial charge in [-0.15, -0.1) is 0 Å². The molecule has 0 aromatic carbocycles. The number of hydrogen-bond acceptors (Lipinski definition) is 6. The Balaban J connectivity index is 0. The highest BCUT2D eigenvalue weighted by molar-refractivity contribution is 7.87. The van der Waals surface area contributed by atoms with Gasteiger partial charge in [-0.1, -0.05) is 0 Å². The average Bonchev–Trinajstić information content (AvgIpc) is 1.96. The summed E-state index contributed by atoms with van der Waals surface area (Å²) in [4.78, 5) is 17.4. The van der Waals surface area contributed by atoms with Crippen molar-refractivity contribution < 1.29 is 32.3 Å². The lowest BCUT2D eigenvalue weighted by Crippen LogP contribution is -2.34. The van der Waals surface area contributed by atoms with Crippen molar-refractivity contribution >= 4 is 24.6 Å². The normalized spacial score (nSPS) is 12.2. The second-order valence-electron chi connectivity index (χ2n) is 1.86. The Kier molecular flexibility index (Phi) is 9.57. The molecule has 0 rings (SSSR count). The molecule has 0 heterocycles. The molecule has 0 fully saturated rings. The number of carbonyl (C=O) groups is 1. The Labute approximate surface area is 86.3 Å². The van der Waals surface area contributed by atoms with Gasteiger partial charge in [-0.25, -0.2) is 14.7 Å². The van der Waals surface area contributed by atoms with Gasteiger partial charge in [0, 0.05) is 6.54 Å². The van der Waals surface area contributed by atoms with E-state index in [9.17, 15) is 17.8 Å². The molecule has 0 aliphatic rings. The molecule has 0 radical (unpaired) electrons. The molecule has 0 aromatic heterocycles. The summed E-state index contributed by atoms with van der Waals surface area (Å²) in [5.74, 6) is 0. The smallest absolute Gasteiger partial charge is 0.419 e. The predicted molar refractivity (Wildman–Crippen MR) is 50.5 cm³/mol. The van der Waals surface area contributed by atoms with E-state index in [2.05, 4.69) is 9.66 Å². The zero-order chi connectivity index (χ0) is 12.5. The lowest BCUT2D eigenvalue weighted by molar-refractivity contribution is 0.201. The van der Waals surface area contributed by atoms with Gasteiger partial charge in [0.1, 0.15) is 0 Å². The molecule has 0 aliphatic heterocycles. The van der Waals surface area contributed by atoms with Crippen LogP contribution >= 0.6 is 8.25 Å². The van der Waals surface area contributed by atoms with Crippen LogP contribution in [0, 0.1) is 0 Å². The molecule has 0 aliphatic carbocycles. The Morgan fingerprint density at radius 2 is 2.00 bits per heavy atom. The van der Waals surface area contributed by atoms with E-state index in [1.54, 1.807) is 0 Å². The molecule has 0 spiro atoms. The maximum Gasteiger partial charge on any atom is 0.419 e. The van der Waals surface area contributed by atoms with E-state index in [0.717, 1.165) is 4.72 Å². The predicted octanol–water partition coefficient (Wildman–Crippen LogP) is -2.20. The van der Waals surface area contributed by atoms with Gasteiger partial charge in [0.15, 0.2) is 0 Å². The lowest BCUT2D eigenvalue weighted by atomic mass is 10.8. The second-order valence-corrected chi connectivity index (χ2v) is 3.97. The monoisotopic (exact) mass is 265 g/mol. The first-order chi connectivity index (χ1) is 6.69. The minimum Gasteiger partial charge on any atom is -0.464 e. The van der Waals surface area contributed by atoms with Crippen molar-refractivity contribution in [3.8, 4) is 0 Å². The Morgan fingerprint density at radius 1 is 1.53 bits per heavy atom. The van der Waals surface area contributed by atoms with Crippen molar-refractivity contribution in [2.75, 3.05) is 13.2 Å². The average molecular weight is 265 g/mol. The molecule has 0 saturated heterocycles. The first kappa shape index (κ1) is 16.7. The fraction of sp³-hybridized carbons (Fsp3) is 0.667. The van der Waals surface area contributed by atoms with Crippen molar-refractivity contribution in [3.05, 3.63) is 0 Å². The van der Waals surface area contributed by atoms with Gasteiger partial charge in [0.05, 0.1) is 6.61 Å². The fourth-order valence-electron chi connectivity index (χ4n) is 0.268. The third-order valence-electron chi connectivity index (χ3n) is 0.573. The highest BCUT2D eigenvalue weighted by Gasteiger charge is 2.03. The SMILES string of the molecule is NCCO[PH](=O)O.NS(=O)(=O)NC(=O)O. The minimum absolute atomic E-state index is 0.161. The summed E-state index contributed by atoms with van der Waals surface area (Å²) in [5.41, 5.74) is 4.92. The van der Waals surface area contributed by atoms with Crippen LogP contribution in [0.3, 0.4) is 0 Å². The third-order valence-corrected chi connectivity index (χ3v) is 1.48. The van der Waals surface area contributed by atoms with Crippen LogP contribution in [0.5, 0.6) is 0 Å². The number of rotatable bonds is 4. The molecule has 0 saturated carbocycles. The zero-order valence-electron chi connectivity index (χ0n) is 7.41. The highest BCUT2D eigenvalue weighted by Crippen LogP contribution is 2.12. The number of hydrogen-bond donors (Lipinski definition) is 5. The molecular weight excluding hydrogens is 253 g/mol. The van der Waals surface area contributed by atoms with Gasteiger partial charge >= 0.3 is 24.6 Å². The molecule has 7 N–H and O–H groups in total. The maximum absolute atomic E-state index is 9.73. The number of amides is 1. The van der Waals surface area contributed by atoms with Gasteiger partial charge in [-0.2, -0.15) is 8.42 Å². The van der Waals surface area contributed by atoms with E-state index in [0.29, 0.717) is 0 Å². The number of carboxylic acid groups (broad SMARTS) is 1. The first-order valence-corrected chi connectivity index (χ1v) is 6.09. The number of nitrogens with one attached hydrogen (secondary N) is 1. The third kappa shape index (κ3) is 24.6. The van der Waals surface area contributed by atoms with Crippen LogP contribution in [0.2, 0.25) is 0 Å². The maximum atomic E-state index is 9.73. The van der Waals surface area contributed by atoms with E-state index < -0.39 is 24.6 Å². The van der Waals surface area contributed by atoms with Gasteiger partial charge < -0.3 is 20.3 Å². The van der Waals surface area contributed by atoms with Crippen LogP contribution in [0.25, 0.3) is 0 Å². The van der Waals surface area contributed by atoms with Crippen molar-refractivity contribution in [2.24, 2.45) is 10.9 Å². The number of nitrogens with two attached hydrogens (primary N) is 2. The van der Waals surface area contributed by atoms with E-state index in [1.165, 1.54) is 0 Å². The van der Waals surface area contributed by atoms with Crippen molar-refractivity contribution in [1.82, 2.24) is 4.72 Å². The lowest BCUT2D eigenvalue weighted by Gasteiger charge is -1.91.